The van der Waals surface area contributed by atoms with Crippen molar-refractivity contribution in [3.63, 3.8) is 0 Å². The van der Waals surface area contributed by atoms with Crippen LogP contribution in [0.3, 0.4) is 0 Å². The number of carbonyl (C=O) groups excluding carboxylic acids is 1. The molecule has 13 heteroatoms. The summed E-state index contributed by atoms with van der Waals surface area (Å²) < 4.78 is 21.0. The van der Waals surface area contributed by atoms with Gasteiger partial charge >= 0.3 is 0 Å². The lowest BCUT2D eigenvalue weighted by atomic mass is 9.82. The highest BCUT2D eigenvalue weighted by Gasteiger charge is 2.66. The molecule has 4 atom stereocenters. The topological polar surface area (TPSA) is 141 Å². The van der Waals surface area contributed by atoms with Gasteiger partial charge in [0.05, 0.1) is 38.2 Å². The van der Waals surface area contributed by atoms with Crippen LogP contribution in [0.2, 0.25) is 18.6 Å². The monoisotopic (exact) mass is 659 g/mol. The molecule has 0 bridgehead atoms. The van der Waals surface area contributed by atoms with Gasteiger partial charge in [-0.15, -0.1) is 5.10 Å². The molecule has 47 heavy (non-hydrogen) atoms. The molecule has 2 aromatic heterocycles. The summed E-state index contributed by atoms with van der Waals surface area (Å²) >= 11 is 0. The van der Waals surface area contributed by atoms with Gasteiger partial charge in [-0.25, -0.2) is 0 Å². The standard InChI is InChI=1S/C34H41N5O7Si/c1-22-31(47(4,5)43)29(14-17-37-21-24(15-18-40)35-36-37)46-34(22)27-19-26(44-2)12-13-28(27)39(33(34)42)20-23-8-10-25(11-9-23)38-16-6-7-30(45-3)32(38)41/h6-13,16,19,21-22,29,31,40,43H,14-15,17-18,20H2,1-5H3/t22-,29+,31-,34+/m0/s1. The van der Waals surface area contributed by atoms with Gasteiger partial charge in [0.15, 0.2) is 19.7 Å². The maximum absolute atomic E-state index is 14.8. The van der Waals surface area contributed by atoms with Crippen LogP contribution in [-0.2, 0) is 34.6 Å². The van der Waals surface area contributed by atoms with E-state index in [2.05, 4.69) is 10.3 Å². The van der Waals surface area contributed by atoms with Crippen molar-refractivity contribution in [2.75, 3.05) is 25.7 Å². The van der Waals surface area contributed by atoms with E-state index in [9.17, 15) is 19.5 Å². The van der Waals surface area contributed by atoms with Crippen molar-refractivity contribution in [3.05, 3.63) is 94.2 Å². The Hall–Kier alpha value is -4.30. The van der Waals surface area contributed by atoms with Gasteiger partial charge in [-0.3, -0.25) is 18.8 Å². The quantitative estimate of drug-likeness (QED) is 0.232. The first-order chi connectivity index (χ1) is 22.5. The Labute approximate surface area is 274 Å². The second-order valence-corrected chi connectivity index (χ2v) is 16.8. The molecule has 2 N–H and O–H groups in total. The van der Waals surface area contributed by atoms with Gasteiger partial charge in [0.2, 0.25) is 0 Å². The van der Waals surface area contributed by atoms with Crippen LogP contribution in [0.15, 0.2) is 71.8 Å². The van der Waals surface area contributed by atoms with Gasteiger partial charge in [-0.05, 0) is 67.5 Å². The minimum atomic E-state index is -2.85. The number of hydrogen-bond acceptors (Lipinski definition) is 9. The number of ether oxygens (including phenoxy) is 3. The van der Waals surface area contributed by atoms with E-state index in [1.165, 1.54) is 11.7 Å². The van der Waals surface area contributed by atoms with Crippen LogP contribution in [0, 0.1) is 5.92 Å². The smallest absolute Gasteiger partial charge is 0.297 e. The van der Waals surface area contributed by atoms with E-state index in [0.29, 0.717) is 36.5 Å². The van der Waals surface area contributed by atoms with Gasteiger partial charge in [-0.2, -0.15) is 0 Å². The zero-order valence-corrected chi connectivity index (χ0v) is 28.3. The Balaban J connectivity index is 1.33. The fraction of sp³-hybridized carbons (Fsp3) is 0.412. The summed E-state index contributed by atoms with van der Waals surface area (Å²) in [6.45, 7) is 6.57. The van der Waals surface area contributed by atoms with Crippen molar-refractivity contribution in [1.82, 2.24) is 19.6 Å². The summed E-state index contributed by atoms with van der Waals surface area (Å²) in [7, 11) is 0.207. The molecule has 4 aromatic rings. The Bertz CT molecular complexity index is 1820. The van der Waals surface area contributed by atoms with Gasteiger partial charge in [-0.1, -0.05) is 24.3 Å². The van der Waals surface area contributed by atoms with E-state index in [-0.39, 0.29) is 41.8 Å². The number of aliphatic hydroxyl groups is 1. The van der Waals surface area contributed by atoms with Crippen LogP contribution < -0.4 is 19.9 Å². The molecule has 248 valence electrons. The third kappa shape index (κ3) is 5.77. The zero-order chi connectivity index (χ0) is 33.5. The number of benzene rings is 2. The molecule has 6 rings (SSSR count). The highest BCUT2D eigenvalue weighted by molar-refractivity contribution is 6.71. The van der Waals surface area contributed by atoms with Crippen LogP contribution in [0.1, 0.15) is 30.2 Å². The largest absolute Gasteiger partial charge is 0.497 e. The highest BCUT2D eigenvalue weighted by atomic mass is 28.4. The zero-order valence-electron chi connectivity index (χ0n) is 27.3. The molecule has 1 amide bonds. The number of anilines is 1. The van der Waals surface area contributed by atoms with Crippen molar-refractivity contribution in [2.24, 2.45) is 5.92 Å². The summed E-state index contributed by atoms with van der Waals surface area (Å²) in [4.78, 5) is 40.9. The second-order valence-electron chi connectivity index (χ2n) is 12.8. The van der Waals surface area contributed by atoms with Crippen LogP contribution in [0.5, 0.6) is 11.5 Å². The van der Waals surface area contributed by atoms with E-state index in [4.69, 9.17) is 14.2 Å². The van der Waals surface area contributed by atoms with Gasteiger partial charge < -0.3 is 29.0 Å². The third-order valence-electron chi connectivity index (χ3n) is 9.48. The van der Waals surface area contributed by atoms with E-state index in [0.717, 1.165) is 16.8 Å². The number of aromatic nitrogens is 4. The summed E-state index contributed by atoms with van der Waals surface area (Å²) in [5, 5.41) is 17.6. The number of methoxy groups -OCH3 is 2. The van der Waals surface area contributed by atoms with Gasteiger partial charge in [0, 0.05) is 54.7 Å². The first-order valence-electron chi connectivity index (χ1n) is 15.8. The molecule has 2 aliphatic heterocycles. The number of nitrogens with zero attached hydrogens (tertiary/aromatic N) is 5. The molecule has 1 saturated heterocycles. The number of carbonyl (C=O) groups is 1. The average molecular weight is 660 g/mol. The molecule has 1 fully saturated rings. The van der Waals surface area contributed by atoms with E-state index in [1.54, 1.807) is 41.2 Å². The van der Waals surface area contributed by atoms with Crippen LogP contribution in [0.4, 0.5) is 5.69 Å². The number of aryl methyl sites for hydroxylation is 1. The highest BCUT2D eigenvalue weighted by Crippen LogP contribution is 2.60. The summed E-state index contributed by atoms with van der Waals surface area (Å²) in [6.07, 6.45) is 4.02. The number of pyridine rings is 1. The Morgan fingerprint density at radius 3 is 2.51 bits per heavy atom. The number of aliphatic hydroxyl groups excluding tert-OH is 1. The van der Waals surface area contributed by atoms with Crippen LogP contribution >= 0.6 is 0 Å². The summed E-state index contributed by atoms with van der Waals surface area (Å²) in [6, 6.07) is 16.5. The lowest BCUT2D eigenvalue weighted by Crippen LogP contribution is -2.46. The molecule has 2 aliphatic rings. The second kappa shape index (κ2) is 12.7. The Morgan fingerprint density at radius 1 is 1.06 bits per heavy atom. The predicted octanol–water partition coefficient (Wildman–Crippen LogP) is 3.42. The predicted molar refractivity (Wildman–Crippen MR) is 177 cm³/mol. The number of fused-ring (bicyclic) bond motifs is 2. The average Bonchev–Trinajstić information content (AvgIpc) is 3.70. The SMILES string of the molecule is COc1ccc2c(c1)[C@@]1(O[C@H](CCn3cc(CCO)nn3)[C@@H]([Si](C)(C)O)[C@@H]1C)C(=O)N2Cc1ccc(-n2cccc(OC)c2=O)cc1. The molecule has 0 unspecified atom stereocenters. The van der Waals surface area contributed by atoms with Crippen molar-refractivity contribution in [2.45, 2.75) is 63.2 Å². The van der Waals surface area contributed by atoms with Crippen molar-refractivity contribution in [1.29, 1.82) is 0 Å². The summed E-state index contributed by atoms with van der Waals surface area (Å²) in [5.41, 5.74) is 1.89. The van der Waals surface area contributed by atoms with E-state index < -0.39 is 20.0 Å². The minimum absolute atomic E-state index is 0.00917. The number of amides is 1. The maximum Gasteiger partial charge on any atom is 0.297 e. The minimum Gasteiger partial charge on any atom is -0.497 e. The molecule has 0 aliphatic carbocycles. The lowest BCUT2D eigenvalue weighted by molar-refractivity contribution is -0.146. The molecule has 1 spiro atoms. The molecule has 12 nitrogen and oxygen atoms in total. The van der Waals surface area contributed by atoms with Crippen LogP contribution in [-0.4, -0.2) is 70.6 Å². The van der Waals surface area contributed by atoms with E-state index >= 15 is 0 Å². The van der Waals surface area contributed by atoms with Crippen molar-refractivity contribution >= 4 is 19.9 Å². The van der Waals surface area contributed by atoms with Gasteiger partial charge in [0.25, 0.3) is 11.5 Å². The van der Waals surface area contributed by atoms with Crippen LogP contribution in [0.25, 0.3) is 5.69 Å². The maximum atomic E-state index is 14.8. The van der Waals surface area contributed by atoms with E-state index in [1.807, 2.05) is 62.5 Å². The normalized spacial score (nSPS) is 22.2. The number of rotatable bonds is 11. The lowest BCUT2D eigenvalue weighted by Gasteiger charge is -2.32. The Kier molecular flexibility index (Phi) is 8.83. The third-order valence-corrected chi connectivity index (χ3v) is 12.0. The first kappa shape index (κ1) is 32.6. The molecule has 2 aromatic carbocycles. The molecular weight excluding hydrogens is 618 g/mol. The summed E-state index contributed by atoms with van der Waals surface area (Å²) in [5.74, 6) is 0.352. The molecule has 4 heterocycles. The fourth-order valence-corrected chi connectivity index (χ4v) is 9.93. The fourth-order valence-electron chi connectivity index (χ4n) is 7.32. The van der Waals surface area contributed by atoms with Crippen molar-refractivity contribution < 1.29 is 28.9 Å². The number of hydrogen-bond donors (Lipinski definition) is 2. The molecule has 0 radical (unpaired) electrons. The van der Waals surface area contributed by atoms with Gasteiger partial charge in [0.1, 0.15) is 5.75 Å². The Morgan fingerprint density at radius 2 is 1.83 bits per heavy atom. The molecule has 0 saturated carbocycles. The van der Waals surface area contributed by atoms with Crippen molar-refractivity contribution in [3.8, 4) is 17.2 Å². The molecular formula is C34H41N5O7Si. The first-order valence-corrected chi connectivity index (χ1v) is 18.8.